The molecule has 1 atom stereocenters. The first-order valence-electron chi connectivity index (χ1n) is 4.04. The Morgan fingerprint density at radius 3 is 2.64 bits per heavy atom. The maximum absolute atomic E-state index is 11.0. The minimum Gasteiger partial charge on any atom is -0.354 e. The predicted molar refractivity (Wildman–Crippen MR) is 59.3 cm³/mol. The van der Waals surface area contributed by atoms with E-state index in [0.717, 1.165) is 0 Å². The lowest BCUT2D eigenvalue weighted by Gasteiger charge is -2.17. The predicted octanol–water partition coefficient (Wildman–Crippen LogP) is -0.762. The van der Waals surface area contributed by atoms with Crippen molar-refractivity contribution in [3.63, 3.8) is 0 Å². The van der Waals surface area contributed by atoms with E-state index in [0.29, 0.717) is 5.11 Å². The highest BCUT2D eigenvalue weighted by atomic mass is 32.2. The second-order valence-electron chi connectivity index (χ2n) is 3.24. The summed E-state index contributed by atoms with van der Waals surface area (Å²) in [6.07, 6.45) is 1.60. The van der Waals surface area contributed by atoms with Crippen molar-refractivity contribution in [2.75, 3.05) is 19.8 Å². The Kier molecular flexibility index (Phi) is 3.46. The lowest BCUT2D eigenvalue weighted by atomic mass is 10.3. The van der Waals surface area contributed by atoms with Crippen LogP contribution in [0.3, 0.4) is 0 Å². The summed E-state index contributed by atoms with van der Waals surface area (Å²) in [5.41, 5.74) is 2.82. The van der Waals surface area contributed by atoms with Crippen LogP contribution in [0.25, 0.3) is 0 Å². The van der Waals surface area contributed by atoms with Crippen LogP contribution < -0.4 is 10.7 Å². The van der Waals surface area contributed by atoms with Crippen LogP contribution in [-0.2, 0) is 9.84 Å². The number of hydrogen-bond acceptors (Lipinski definition) is 4. The Bertz CT molecular complexity index is 348. The van der Waals surface area contributed by atoms with Gasteiger partial charge < -0.3 is 5.32 Å². The Labute approximate surface area is 89.0 Å². The van der Waals surface area contributed by atoms with E-state index in [4.69, 9.17) is 12.2 Å². The molecule has 0 radical (unpaired) electrons. The maximum Gasteiger partial charge on any atom is 0.181 e. The second kappa shape index (κ2) is 4.24. The highest BCUT2D eigenvalue weighted by Gasteiger charge is 2.21. The van der Waals surface area contributed by atoms with Gasteiger partial charge in [0.15, 0.2) is 14.9 Å². The number of sulfone groups is 1. The highest BCUT2D eigenvalue weighted by Crippen LogP contribution is 2.07. The molecule has 1 rings (SSSR count). The summed E-state index contributed by atoms with van der Waals surface area (Å²) in [6.45, 7) is 0. The van der Waals surface area contributed by atoms with E-state index in [1.807, 2.05) is 0 Å². The first-order chi connectivity index (χ1) is 6.39. The van der Waals surface area contributed by atoms with E-state index in [1.165, 1.54) is 5.41 Å². The quantitative estimate of drug-likeness (QED) is 0.484. The third kappa shape index (κ3) is 3.60. The van der Waals surface area contributed by atoms with E-state index >= 15 is 0 Å². The molecule has 0 unspecified atom stereocenters. The van der Waals surface area contributed by atoms with Crippen molar-refractivity contribution in [3.8, 4) is 0 Å². The topological polar surface area (TPSA) is 61.4 Å². The molecule has 0 fully saturated rings. The molecule has 0 aromatic heterocycles. The summed E-state index contributed by atoms with van der Waals surface area (Å²) in [5, 5.41) is 6.19. The van der Waals surface area contributed by atoms with Crippen molar-refractivity contribution in [2.45, 2.75) is 6.04 Å². The molecular formula is C7H13N3O2S2. The molecule has 1 aliphatic heterocycles. The van der Waals surface area contributed by atoms with Crippen molar-refractivity contribution in [2.24, 2.45) is 0 Å². The molecule has 2 N–H and O–H groups in total. The molecule has 0 spiro atoms. The standard InChI is InChI=1S/C7H13N3O2S2/c1-10(2)9-7(13)8-6-3-4-14(11,12)5-6/h3-4,6H,5H2,1-2H3,(H2,8,9,13)/t6-/m1/s1. The zero-order chi connectivity index (χ0) is 10.8. The second-order valence-corrected chi connectivity index (χ2v) is 5.58. The molecule has 0 saturated carbocycles. The molecule has 80 valence electrons. The normalized spacial score (nSPS) is 23.8. The Hall–Kier alpha value is -0.660. The number of nitrogens with one attached hydrogen (secondary N) is 2. The molecule has 7 heteroatoms. The zero-order valence-corrected chi connectivity index (χ0v) is 9.65. The van der Waals surface area contributed by atoms with Crippen LogP contribution in [0.4, 0.5) is 0 Å². The fourth-order valence-electron chi connectivity index (χ4n) is 1.07. The average molecular weight is 235 g/mol. The van der Waals surface area contributed by atoms with Crippen molar-refractivity contribution in [3.05, 3.63) is 11.5 Å². The number of hydrazine groups is 1. The van der Waals surface area contributed by atoms with Gasteiger partial charge in [0.1, 0.15) is 0 Å². The Morgan fingerprint density at radius 1 is 1.57 bits per heavy atom. The molecule has 0 saturated heterocycles. The van der Waals surface area contributed by atoms with Crippen LogP contribution in [0.5, 0.6) is 0 Å². The van der Waals surface area contributed by atoms with Crippen LogP contribution >= 0.6 is 12.2 Å². The SMILES string of the molecule is CN(C)NC(=S)N[C@@H]1C=CS(=O)(=O)C1. The van der Waals surface area contributed by atoms with E-state index in [2.05, 4.69) is 10.7 Å². The van der Waals surface area contributed by atoms with Gasteiger partial charge in [-0.25, -0.2) is 13.4 Å². The average Bonchev–Trinajstić information content (AvgIpc) is 2.27. The maximum atomic E-state index is 11.0. The zero-order valence-electron chi connectivity index (χ0n) is 8.02. The number of nitrogens with zero attached hydrogens (tertiary/aromatic N) is 1. The summed E-state index contributed by atoms with van der Waals surface area (Å²) in [7, 11) is 0.588. The summed E-state index contributed by atoms with van der Waals surface area (Å²) in [4.78, 5) is 0. The Morgan fingerprint density at radius 2 is 2.21 bits per heavy atom. The van der Waals surface area contributed by atoms with Crippen LogP contribution in [0.1, 0.15) is 0 Å². The van der Waals surface area contributed by atoms with Crippen molar-refractivity contribution in [1.29, 1.82) is 0 Å². The van der Waals surface area contributed by atoms with Gasteiger partial charge >= 0.3 is 0 Å². The molecule has 0 aliphatic carbocycles. The molecule has 1 heterocycles. The van der Waals surface area contributed by atoms with Crippen molar-refractivity contribution < 1.29 is 8.42 Å². The summed E-state index contributed by atoms with van der Waals surface area (Å²) in [6, 6.07) is -0.222. The van der Waals surface area contributed by atoms with Gasteiger partial charge in [-0.15, -0.1) is 0 Å². The molecule has 0 bridgehead atoms. The molecule has 0 aromatic rings. The fourth-order valence-corrected chi connectivity index (χ4v) is 2.64. The van der Waals surface area contributed by atoms with Gasteiger partial charge in [0.05, 0.1) is 11.8 Å². The minimum atomic E-state index is -3.01. The molecule has 5 nitrogen and oxygen atoms in total. The third-order valence-corrected chi connectivity index (χ3v) is 3.18. The first kappa shape index (κ1) is 11.4. The molecule has 14 heavy (non-hydrogen) atoms. The summed E-state index contributed by atoms with van der Waals surface area (Å²) >= 11 is 4.95. The van der Waals surface area contributed by atoms with E-state index in [1.54, 1.807) is 25.2 Å². The molecule has 1 aliphatic rings. The number of rotatable bonds is 2. The monoisotopic (exact) mass is 235 g/mol. The van der Waals surface area contributed by atoms with Gasteiger partial charge in [-0.3, -0.25) is 5.43 Å². The fraction of sp³-hybridized carbons (Fsp3) is 0.571. The van der Waals surface area contributed by atoms with Gasteiger partial charge in [-0.1, -0.05) is 0 Å². The molecular weight excluding hydrogens is 222 g/mol. The Balaban J connectivity index is 2.41. The summed E-state index contributed by atoms with van der Waals surface area (Å²) in [5.74, 6) is 0.0717. The smallest absolute Gasteiger partial charge is 0.181 e. The van der Waals surface area contributed by atoms with Crippen LogP contribution in [0, 0.1) is 0 Å². The first-order valence-corrected chi connectivity index (χ1v) is 6.17. The van der Waals surface area contributed by atoms with Gasteiger partial charge in [0, 0.05) is 19.5 Å². The minimum absolute atomic E-state index is 0.0717. The van der Waals surface area contributed by atoms with Gasteiger partial charge in [-0.2, -0.15) is 0 Å². The number of thiocarbonyl (C=S) groups is 1. The lowest BCUT2D eigenvalue weighted by Crippen LogP contribution is -2.47. The van der Waals surface area contributed by atoms with Crippen molar-refractivity contribution in [1.82, 2.24) is 15.8 Å². The van der Waals surface area contributed by atoms with Crippen LogP contribution in [0.15, 0.2) is 11.5 Å². The third-order valence-electron chi connectivity index (χ3n) is 1.57. The highest BCUT2D eigenvalue weighted by molar-refractivity contribution is 7.94. The van der Waals surface area contributed by atoms with E-state index in [-0.39, 0.29) is 11.8 Å². The molecule has 0 aromatic carbocycles. The van der Waals surface area contributed by atoms with E-state index < -0.39 is 9.84 Å². The van der Waals surface area contributed by atoms with Crippen LogP contribution in [-0.4, -0.2) is 44.4 Å². The largest absolute Gasteiger partial charge is 0.354 e. The van der Waals surface area contributed by atoms with Gasteiger partial charge in [-0.05, 0) is 18.3 Å². The summed E-state index contributed by atoms with van der Waals surface area (Å²) < 4.78 is 22.1. The van der Waals surface area contributed by atoms with Crippen molar-refractivity contribution >= 4 is 27.2 Å². The molecule has 0 amide bonds. The van der Waals surface area contributed by atoms with Gasteiger partial charge in [0.2, 0.25) is 0 Å². The van der Waals surface area contributed by atoms with E-state index in [9.17, 15) is 8.42 Å². The van der Waals surface area contributed by atoms with Crippen LogP contribution in [0.2, 0.25) is 0 Å². The number of hydrogen-bond donors (Lipinski definition) is 2. The van der Waals surface area contributed by atoms with Gasteiger partial charge in [0.25, 0.3) is 0 Å². The lowest BCUT2D eigenvalue weighted by molar-refractivity contribution is 0.359.